The Morgan fingerprint density at radius 2 is 1.64 bits per heavy atom. The highest BCUT2D eigenvalue weighted by Gasteiger charge is 2.61. The number of rotatable bonds is 2. The van der Waals surface area contributed by atoms with E-state index in [2.05, 4.69) is 89.2 Å². The van der Waals surface area contributed by atoms with E-state index in [1.54, 1.807) is 23.2 Å². The van der Waals surface area contributed by atoms with Gasteiger partial charge in [0.2, 0.25) is 0 Å². The summed E-state index contributed by atoms with van der Waals surface area (Å²) in [5.41, 5.74) is 7.67. The largest absolute Gasteiger partial charge is 0.497 e. The lowest BCUT2D eigenvalue weighted by atomic mass is 9.81. The van der Waals surface area contributed by atoms with Gasteiger partial charge in [-0.3, -0.25) is 0 Å². The van der Waals surface area contributed by atoms with E-state index < -0.39 is 0 Å². The lowest BCUT2D eigenvalue weighted by Gasteiger charge is -2.34. The maximum atomic E-state index is 5.44. The molecule has 2 aromatic rings. The van der Waals surface area contributed by atoms with Gasteiger partial charge in [0, 0.05) is 34.0 Å². The van der Waals surface area contributed by atoms with Gasteiger partial charge in [-0.05, 0) is 61.2 Å². The van der Waals surface area contributed by atoms with Crippen molar-refractivity contribution in [2.45, 2.75) is 45.8 Å². The molecule has 1 nitrogen and oxygen atoms in total. The van der Waals surface area contributed by atoms with Gasteiger partial charge in [-0.1, -0.05) is 44.5 Å². The Morgan fingerprint density at radius 3 is 2.29 bits per heavy atom. The summed E-state index contributed by atoms with van der Waals surface area (Å²) in [7, 11) is 1.87. The molecular formula is C26H31OS+. The highest BCUT2D eigenvalue weighted by atomic mass is 32.2. The van der Waals surface area contributed by atoms with Gasteiger partial charge in [0.15, 0.2) is 9.65 Å². The molecule has 2 aliphatic heterocycles. The van der Waals surface area contributed by atoms with E-state index in [9.17, 15) is 0 Å². The van der Waals surface area contributed by atoms with E-state index in [0.29, 0.717) is 0 Å². The number of methoxy groups -OCH3 is 1. The van der Waals surface area contributed by atoms with Crippen LogP contribution in [0.5, 0.6) is 5.75 Å². The zero-order valence-corrected chi connectivity index (χ0v) is 18.7. The second kappa shape index (κ2) is 6.84. The molecule has 2 heteroatoms. The molecule has 4 rings (SSSR count). The van der Waals surface area contributed by atoms with Crippen molar-refractivity contribution in [1.82, 2.24) is 0 Å². The van der Waals surface area contributed by atoms with Crippen molar-refractivity contribution in [2.75, 3.05) is 12.9 Å². The molecule has 0 fully saturated rings. The summed E-state index contributed by atoms with van der Waals surface area (Å²) >= 11 is 0. The fourth-order valence-electron chi connectivity index (χ4n) is 4.55. The van der Waals surface area contributed by atoms with Crippen LogP contribution in [0, 0.1) is 5.41 Å². The molecule has 0 bridgehead atoms. The second-order valence-corrected chi connectivity index (χ2v) is 11.5. The molecule has 2 heterocycles. The van der Waals surface area contributed by atoms with Crippen LogP contribution < -0.4 is 4.74 Å². The number of fused-ring (bicyclic) bond motifs is 3. The zero-order valence-electron chi connectivity index (χ0n) is 17.9. The lowest BCUT2D eigenvalue weighted by Crippen LogP contribution is -2.39. The molecule has 0 saturated carbocycles. The maximum Gasteiger partial charge on any atom is 0.188 e. The highest BCUT2D eigenvalue weighted by Crippen LogP contribution is 2.59. The first-order chi connectivity index (χ1) is 13.3. The Morgan fingerprint density at radius 1 is 0.964 bits per heavy atom. The Kier molecular flexibility index (Phi) is 4.74. The van der Waals surface area contributed by atoms with E-state index in [1.807, 2.05) is 0 Å². The van der Waals surface area contributed by atoms with Crippen LogP contribution in [-0.4, -0.2) is 12.9 Å². The van der Waals surface area contributed by atoms with E-state index in [1.165, 1.54) is 16.7 Å². The Hall–Kier alpha value is -1.93. The molecular weight excluding hydrogens is 360 g/mol. The van der Waals surface area contributed by atoms with Crippen LogP contribution in [0.2, 0.25) is 0 Å². The van der Waals surface area contributed by atoms with Gasteiger partial charge >= 0.3 is 0 Å². The molecule has 2 aromatic carbocycles. The molecule has 0 N–H and O–H groups in total. The summed E-state index contributed by atoms with van der Waals surface area (Å²) in [6.07, 6.45) is 3.64. The van der Waals surface area contributed by atoms with Crippen molar-refractivity contribution >= 4 is 15.8 Å². The fraction of sp³-hybridized carbons (Fsp3) is 0.385. The van der Waals surface area contributed by atoms with Gasteiger partial charge in [0.25, 0.3) is 0 Å². The van der Waals surface area contributed by atoms with Gasteiger partial charge in [0.05, 0.1) is 7.11 Å². The van der Waals surface area contributed by atoms with Crippen molar-refractivity contribution in [2.24, 2.45) is 5.41 Å². The summed E-state index contributed by atoms with van der Waals surface area (Å²) in [6, 6.07) is 18.0. The monoisotopic (exact) mass is 391 g/mol. The minimum Gasteiger partial charge on any atom is -0.497 e. The quantitative estimate of drug-likeness (QED) is 0.409. The van der Waals surface area contributed by atoms with Crippen LogP contribution in [0.25, 0.3) is 4.91 Å². The van der Waals surface area contributed by atoms with Crippen LogP contribution in [0.4, 0.5) is 0 Å². The van der Waals surface area contributed by atoms with Crippen molar-refractivity contribution in [3.8, 4) is 5.75 Å². The van der Waals surface area contributed by atoms with Crippen molar-refractivity contribution in [3.05, 3.63) is 82.4 Å². The van der Waals surface area contributed by atoms with Crippen LogP contribution in [0.15, 0.2) is 65.8 Å². The molecule has 0 aliphatic carbocycles. The molecule has 0 aromatic heterocycles. The first kappa shape index (κ1) is 19.4. The average Bonchev–Trinajstić information content (AvgIpc) is 2.92. The second-order valence-electron chi connectivity index (χ2n) is 9.25. The zero-order chi connectivity index (χ0) is 20.1. The van der Waals surface area contributed by atoms with E-state index in [0.717, 1.165) is 17.9 Å². The minimum atomic E-state index is 0.0452. The third-order valence-corrected chi connectivity index (χ3v) is 9.07. The third kappa shape index (κ3) is 3.03. The number of benzene rings is 2. The van der Waals surface area contributed by atoms with Gasteiger partial charge in [-0.25, -0.2) is 0 Å². The molecule has 0 saturated heterocycles. The molecule has 0 radical (unpaired) electrons. The fourth-order valence-corrected chi connectivity index (χ4v) is 8.20. The standard InChI is InChI=1S/C26H31OS/c1-18-15-26(20-11-13-21(27-6)14-12-20)23-10-8-7-9-22(23)24(16-25(3,4)5)28(26)17-19(18)2/h7-14,16H,15,17H2,1-6H3/q+1/b24-16+. The molecule has 2 atom stereocenters. The van der Waals surface area contributed by atoms with Crippen LogP contribution >= 0.6 is 0 Å². The number of hydrogen-bond donors (Lipinski definition) is 0. The topological polar surface area (TPSA) is 9.23 Å². The Bertz CT molecular complexity index is 959. The lowest BCUT2D eigenvalue weighted by molar-refractivity contribution is 0.414. The Balaban J connectivity index is 2.01. The molecule has 28 heavy (non-hydrogen) atoms. The summed E-state index contributed by atoms with van der Waals surface area (Å²) in [6.45, 7) is 11.6. The number of ether oxygens (including phenoxy) is 1. The summed E-state index contributed by atoms with van der Waals surface area (Å²) in [4.78, 5) is 1.56. The summed E-state index contributed by atoms with van der Waals surface area (Å²) in [5.74, 6) is 2.09. The van der Waals surface area contributed by atoms with Gasteiger partial charge in [0.1, 0.15) is 11.5 Å². The highest BCUT2D eigenvalue weighted by molar-refractivity contribution is 8.07. The van der Waals surface area contributed by atoms with Crippen molar-refractivity contribution < 1.29 is 4.74 Å². The van der Waals surface area contributed by atoms with E-state index in [4.69, 9.17) is 4.74 Å². The molecule has 0 amide bonds. The Labute approximate surface area is 172 Å². The predicted octanol–water partition coefficient (Wildman–Crippen LogP) is 6.70. The van der Waals surface area contributed by atoms with Gasteiger partial charge in [-0.15, -0.1) is 0 Å². The molecule has 2 aliphatic rings. The van der Waals surface area contributed by atoms with E-state index >= 15 is 0 Å². The first-order valence-electron chi connectivity index (χ1n) is 10.1. The van der Waals surface area contributed by atoms with Crippen LogP contribution in [-0.2, 0) is 15.6 Å². The van der Waals surface area contributed by atoms with Crippen LogP contribution in [0.3, 0.4) is 0 Å². The first-order valence-corrected chi connectivity index (χ1v) is 11.5. The minimum absolute atomic E-state index is 0.0452. The number of allylic oxidation sites excluding steroid dienone is 2. The molecule has 0 spiro atoms. The van der Waals surface area contributed by atoms with Gasteiger partial charge < -0.3 is 4.74 Å². The maximum absolute atomic E-state index is 5.44. The smallest absolute Gasteiger partial charge is 0.188 e. The molecule has 146 valence electrons. The van der Waals surface area contributed by atoms with Crippen molar-refractivity contribution in [1.29, 1.82) is 0 Å². The number of hydrogen-bond acceptors (Lipinski definition) is 1. The predicted molar refractivity (Wildman–Crippen MR) is 123 cm³/mol. The van der Waals surface area contributed by atoms with E-state index in [-0.39, 0.29) is 21.1 Å². The summed E-state index contributed by atoms with van der Waals surface area (Å²) in [5, 5.41) is 0. The normalized spacial score (nSPS) is 25.6. The van der Waals surface area contributed by atoms with Gasteiger partial charge in [-0.2, -0.15) is 0 Å². The van der Waals surface area contributed by atoms with Crippen molar-refractivity contribution in [3.63, 3.8) is 0 Å². The van der Waals surface area contributed by atoms with Crippen LogP contribution in [0.1, 0.15) is 57.7 Å². The average molecular weight is 392 g/mol. The molecule has 2 unspecified atom stereocenters. The summed E-state index contributed by atoms with van der Waals surface area (Å²) < 4.78 is 5.49. The SMILES string of the molecule is COc1ccc(C23CC(C)=C(C)C[S+]2/C(=C/C(C)(C)C)c2ccccc23)cc1. The third-order valence-electron chi connectivity index (χ3n) is 6.04.